The Balaban J connectivity index is 1.50. The van der Waals surface area contributed by atoms with Crippen LogP contribution in [0.15, 0.2) is 78.9 Å². The van der Waals surface area contributed by atoms with Gasteiger partial charge < -0.3 is 4.74 Å². The van der Waals surface area contributed by atoms with Gasteiger partial charge in [0.05, 0.1) is 11.2 Å². The molecule has 32 heavy (non-hydrogen) atoms. The van der Waals surface area contributed by atoms with E-state index in [1.165, 1.54) is 4.68 Å². The quantitative estimate of drug-likeness (QED) is 0.237. The average Bonchev–Trinajstić information content (AvgIpc) is 3.27. The van der Waals surface area contributed by atoms with Gasteiger partial charge in [0.25, 0.3) is 0 Å². The van der Waals surface area contributed by atoms with Crippen LogP contribution in [0, 0.1) is 6.92 Å². The number of tetrazole rings is 1. The summed E-state index contributed by atoms with van der Waals surface area (Å²) in [6.45, 7) is 1.75. The van der Waals surface area contributed by atoms with Gasteiger partial charge in [-0.05, 0) is 40.4 Å². The van der Waals surface area contributed by atoms with E-state index in [0.29, 0.717) is 11.5 Å². The number of benzene rings is 3. The normalized spacial score (nSPS) is 11.7. The zero-order valence-corrected chi connectivity index (χ0v) is 17.3. The molecular weight excluding hydrogens is 402 g/mol. The Kier molecular flexibility index (Phi) is 5.13. The Morgan fingerprint density at radius 1 is 0.906 bits per heavy atom. The Labute approximate surface area is 184 Å². The summed E-state index contributed by atoms with van der Waals surface area (Å²) in [5.74, 6) is -0.0540. The van der Waals surface area contributed by atoms with Crippen LogP contribution in [-0.2, 0) is 16.1 Å². The molecule has 0 bridgehead atoms. The molecule has 0 radical (unpaired) electrons. The zero-order valence-electron chi connectivity index (χ0n) is 17.3. The number of esters is 1. The van der Waals surface area contributed by atoms with Crippen LogP contribution in [0.4, 0.5) is 0 Å². The van der Waals surface area contributed by atoms with Crippen LogP contribution in [0.1, 0.15) is 17.1 Å². The van der Waals surface area contributed by atoms with Crippen LogP contribution in [-0.4, -0.2) is 31.2 Å². The van der Waals surface area contributed by atoms with Gasteiger partial charge in [-0.3, -0.25) is 0 Å². The number of para-hydroxylation sites is 1. The van der Waals surface area contributed by atoms with E-state index in [2.05, 4.69) is 21.6 Å². The first-order chi connectivity index (χ1) is 15.7. The molecule has 0 aliphatic heterocycles. The van der Waals surface area contributed by atoms with Gasteiger partial charge in [0.1, 0.15) is 6.61 Å². The van der Waals surface area contributed by atoms with E-state index in [4.69, 9.17) is 9.72 Å². The molecule has 3 aromatic carbocycles. The molecule has 2 aromatic heterocycles. The first-order valence-electron chi connectivity index (χ1n) is 10.2. The van der Waals surface area contributed by atoms with Gasteiger partial charge in [0, 0.05) is 10.8 Å². The summed E-state index contributed by atoms with van der Waals surface area (Å²) in [7, 11) is 0. The summed E-state index contributed by atoms with van der Waals surface area (Å²) in [6, 6.07) is 25.4. The average molecular weight is 421 g/mol. The van der Waals surface area contributed by atoms with E-state index in [9.17, 15) is 4.79 Å². The van der Waals surface area contributed by atoms with Gasteiger partial charge in [0.15, 0.2) is 11.5 Å². The first kappa shape index (κ1) is 19.6. The van der Waals surface area contributed by atoms with Gasteiger partial charge in [0.2, 0.25) is 0 Å². The Morgan fingerprint density at radius 3 is 2.34 bits per heavy atom. The lowest BCUT2D eigenvalue weighted by Crippen LogP contribution is -2.15. The Hall–Kier alpha value is -4.39. The molecule has 0 fully saturated rings. The molecule has 0 amide bonds. The van der Waals surface area contributed by atoms with Crippen molar-refractivity contribution in [2.45, 2.75) is 13.5 Å². The number of nitrogens with zero attached hydrogens (tertiary/aromatic N) is 5. The molecule has 2 heterocycles. The van der Waals surface area contributed by atoms with E-state index < -0.39 is 5.97 Å². The predicted octanol–water partition coefficient (Wildman–Crippen LogP) is 4.42. The number of fused-ring (bicyclic) bond motifs is 3. The van der Waals surface area contributed by atoms with Crippen LogP contribution in [0.5, 0.6) is 0 Å². The Morgan fingerprint density at radius 2 is 1.59 bits per heavy atom. The number of aromatic nitrogens is 5. The van der Waals surface area contributed by atoms with Gasteiger partial charge in [-0.25, -0.2) is 9.78 Å². The third-order valence-corrected chi connectivity index (χ3v) is 5.19. The van der Waals surface area contributed by atoms with Crippen molar-refractivity contribution < 1.29 is 9.53 Å². The Bertz CT molecular complexity index is 1460. The standard InChI is InChI=1S/C25H19N5O2/c1-17-27-28-29-30(17)24(15-18-9-3-2-4-10-18)25(31)32-16-23-21-13-6-5-11-19(21)20-12-7-8-14-22(20)26-23/h2-15H,16H2,1H3/b24-15-. The molecule has 0 aliphatic rings. The van der Waals surface area contributed by atoms with Gasteiger partial charge in [-0.15, -0.1) is 5.10 Å². The minimum absolute atomic E-state index is 0.0253. The predicted molar refractivity (Wildman–Crippen MR) is 122 cm³/mol. The van der Waals surface area contributed by atoms with Crippen molar-refractivity contribution in [3.05, 3.63) is 95.9 Å². The van der Waals surface area contributed by atoms with E-state index in [1.807, 2.05) is 72.8 Å². The van der Waals surface area contributed by atoms with Crippen LogP contribution >= 0.6 is 0 Å². The molecule has 0 aliphatic carbocycles. The maximum absolute atomic E-state index is 13.1. The molecule has 0 saturated heterocycles. The number of pyridine rings is 1. The van der Waals surface area contributed by atoms with E-state index in [-0.39, 0.29) is 12.3 Å². The number of hydrogen-bond acceptors (Lipinski definition) is 6. The SMILES string of the molecule is Cc1nnnn1/C(=C\c1ccccc1)C(=O)OCc1nc2ccccc2c2ccccc12. The molecule has 5 rings (SSSR count). The molecule has 5 aromatic rings. The van der Waals surface area contributed by atoms with Gasteiger partial charge >= 0.3 is 5.97 Å². The molecule has 0 saturated carbocycles. The second-order valence-electron chi connectivity index (χ2n) is 7.28. The third-order valence-electron chi connectivity index (χ3n) is 5.19. The molecule has 0 atom stereocenters. The van der Waals surface area contributed by atoms with Crippen LogP contribution in [0.25, 0.3) is 33.4 Å². The summed E-state index contributed by atoms with van der Waals surface area (Å²) >= 11 is 0. The van der Waals surface area contributed by atoms with Crippen molar-refractivity contribution in [3.8, 4) is 0 Å². The highest BCUT2D eigenvalue weighted by Crippen LogP contribution is 2.27. The largest absolute Gasteiger partial charge is 0.454 e. The molecule has 0 unspecified atom stereocenters. The fourth-order valence-electron chi connectivity index (χ4n) is 3.66. The lowest BCUT2D eigenvalue weighted by molar-refractivity contribution is -0.138. The van der Waals surface area contributed by atoms with Crippen LogP contribution in [0.2, 0.25) is 0 Å². The lowest BCUT2D eigenvalue weighted by atomic mass is 10.0. The number of carbonyl (C=O) groups excluding carboxylic acids is 1. The number of hydrogen-bond donors (Lipinski definition) is 0. The molecule has 156 valence electrons. The number of aryl methyl sites for hydroxylation is 1. The van der Waals surface area contributed by atoms with Crippen molar-refractivity contribution in [1.82, 2.24) is 25.2 Å². The topological polar surface area (TPSA) is 82.8 Å². The van der Waals surface area contributed by atoms with Crippen LogP contribution < -0.4 is 0 Å². The summed E-state index contributed by atoms with van der Waals surface area (Å²) in [4.78, 5) is 17.9. The summed E-state index contributed by atoms with van der Waals surface area (Å²) in [5.41, 5.74) is 2.61. The second kappa shape index (κ2) is 8.39. The van der Waals surface area contributed by atoms with E-state index >= 15 is 0 Å². The van der Waals surface area contributed by atoms with Crippen molar-refractivity contribution in [1.29, 1.82) is 0 Å². The fraction of sp³-hybridized carbons (Fsp3) is 0.0800. The minimum Gasteiger partial charge on any atom is -0.454 e. The summed E-state index contributed by atoms with van der Waals surface area (Å²) in [6.07, 6.45) is 1.71. The van der Waals surface area contributed by atoms with E-state index in [0.717, 1.165) is 27.2 Å². The first-order valence-corrected chi connectivity index (χ1v) is 10.2. The second-order valence-corrected chi connectivity index (χ2v) is 7.28. The summed E-state index contributed by atoms with van der Waals surface area (Å²) < 4.78 is 7.09. The van der Waals surface area contributed by atoms with Gasteiger partial charge in [-0.2, -0.15) is 4.68 Å². The molecule has 7 heteroatoms. The van der Waals surface area contributed by atoms with Crippen LogP contribution in [0.3, 0.4) is 0 Å². The minimum atomic E-state index is -0.539. The van der Waals surface area contributed by atoms with Crippen molar-refractivity contribution in [2.24, 2.45) is 0 Å². The zero-order chi connectivity index (χ0) is 21.9. The highest BCUT2D eigenvalue weighted by molar-refractivity contribution is 6.15. The maximum Gasteiger partial charge on any atom is 0.357 e. The maximum atomic E-state index is 13.1. The molecule has 7 nitrogen and oxygen atoms in total. The van der Waals surface area contributed by atoms with Crippen molar-refractivity contribution in [3.63, 3.8) is 0 Å². The van der Waals surface area contributed by atoms with E-state index in [1.54, 1.807) is 13.0 Å². The number of carbonyl (C=O) groups is 1. The fourth-order valence-corrected chi connectivity index (χ4v) is 3.66. The van der Waals surface area contributed by atoms with Gasteiger partial charge in [-0.1, -0.05) is 72.8 Å². The van der Waals surface area contributed by atoms with Crippen molar-refractivity contribution >= 4 is 39.4 Å². The number of ether oxygens (including phenoxy) is 1. The summed E-state index contributed by atoms with van der Waals surface area (Å²) in [5, 5.41) is 14.6. The number of rotatable bonds is 5. The monoisotopic (exact) mass is 421 g/mol. The third kappa shape index (κ3) is 3.72. The highest BCUT2D eigenvalue weighted by Gasteiger charge is 2.19. The lowest BCUT2D eigenvalue weighted by Gasteiger charge is -2.12. The van der Waals surface area contributed by atoms with Crippen molar-refractivity contribution in [2.75, 3.05) is 0 Å². The highest BCUT2D eigenvalue weighted by atomic mass is 16.5. The smallest absolute Gasteiger partial charge is 0.357 e. The molecule has 0 spiro atoms. The molecular formula is C25H19N5O2. The molecule has 0 N–H and O–H groups in total.